The molecule has 1 N–H and O–H groups in total. The lowest BCUT2D eigenvalue weighted by Crippen LogP contribution is -2.74. The van der Waals surface area contributed by atoms with E-state index < -0.39 is 23.8 Å². The number of ether oxygens (including phenoxy) is 2. The third kappa shape index (κ3) is 3.38. The minimum absolute atomic E-state index is 0.114. The predicted octanol–water partition coefficient (Wildman–Crippen LogP) is 3.68. The molecule has 27 heavy (non-hydrogen) atoms. The fourth-order valence-corrected chi connectivity index (χ4v) is 6.70. The van der Waals surface area contributed by atoms with Gasteiger partial charge in [0.05, 0.1) is 18.1 Å². The van der Waals surface area contributed by atoms with Crippen LogP contribution in [0.2, 0.25) is 0 Å². The molecule has 0 amide bonds. The van der Waals surface area contributed by atoms with Crippen LogP contribution in [0.25, 0.3) is 0 Å². The lowest BCUT2D eigenvalue weighted by Gasteiger charge is -2.66. The molecule has 1 aliphatic heterocycles. The SMILES string of the molecule is C=C.CC(=O)OC1C(O)C2C(C)(C)CCCC2(C)C2C(=O)CC(C)OC12C. The number of hydrogen-bond donors (Lipinski definition) is 1. The minimum Gasteiger partial charge on any atom is -0.457 e. The van der Waals surface area contributed by atoms with Crippen LogP contribution in [0.1, 0.15) is 67.2 Å². The number of ketones is 1. The molecule has 0 radical (unpaired) electrons. The lowest BCUT2D eigenvalue weighted by atomic mass is 9.43. The molecule has 7 unspecified atom stereocenters. The molecule has 3 aliphatic rings. The molecule has 0 aromatic heterocycles. The number of aliphatic hydroxyl groups is 1. The maximum absolute atomic E-state index is 13.2. The van der Waals surface area contributed by atoms with E-state index in [-0.39, 0.29) is 34.6 Å². The summed E-state index contributed by atoms with van der Waals surface area (Å²) in [4.78, 5) is 24.9. The number of esters is 1. The van der Waals surface area contributed by atoms with E-state index in [4.69, 9.17) is 9.47 Å². The van der Waals surface area contributed by atoms with Gasteiger partial charge < -0.3 is 14.6 Å². The predicted molar refractivity (Wildman–Crippen MR) is 104 cm³/mol. The van der Waals surface area contributed by atoms with Gasteiger partial charge in [0.15, 0.2) is 6.10 Å². The lowest BCUT2D eigenvalue weighted by molar-refractivity contribution is -0.296. The van der Waals surface area contributed by atoms with Crippen molar-refractivity contribution < 1.29 is 24.2 Å². The van der Waals surface area contributed by atoms with Crippen molar-refractivity contribution in [3.8, 4) is 0 Å². The number of carbonyl (C=O) groups excluding carboxylic acids is 2. The molecule has 2 aliphatic carbocycles. The van der Waals surface area contributed by atoms with E-state index in [0.29, 0.717) is 6.42 Å². The van der Waals surface area contributed by atoms with Crippen LogP contribution in [0.3, 0.4) is 0 Å². The first kappa shape index (κ1) is 22.1. The number of aliphatic hydroxyl groups excluding tert-OH is 1. The van der Waals surface area contributed by atoms with Crippen LogP contribution in [0.15, 0.2) is 13.2 Å². The summed E-state index contributed by atoms with van der Waals surface area (Å²) in [6.07, 6.45) is 1.38. The molecule has 0 aromatic carbocycles. The van der Waals surface area contributed by atoms with Gasteiger partial charge in [-0.25, -0.2) is 0 Å². The molecular weight excluding hydrogens is 344 g/mol. The van der Waals surface area contributed by atoms with Gasteiger partial charge in [0.1, 0.15) is 11.4 Å². The maximum Gasteiger partial charge on any atom is 0.303 e. The van der Waals surface area contributed by atoms with Crippen LogP contribution in [-0.4, -0.2) is 40.8 Å². The Morgan fingerprint density at radius 2 is 1.81 bits per heavy atom. The van der Waals surface area contributed by atoms with E-state index in [1.165, 1.54) is 6.92 Å². The summed E-state index contributed by atoms with van der Waals surface area (Å²) >= 11 is 0. The number of rotatable bonds is 1. The molecule has 5 nitrogen and oxygen atoms in total. The minimum atomic E-state index is -0.988. The second kappa shape index (κ2) is 7.32. The summed E-state index contributed by atoms with van der Waals surface area (Å²) in [6.45, 7) is 17.5. The molecule has 7 atom stereocenters. The molecule has 154 valence electrons. The van der Waals surface area contributed by atoms with Crippen molar-refractivity contribution >= 4 is 11.8 Å². The van der Waals surface area contributed by atoms with Crippen molar-refractivity contribution in [3.63, 3.8) is 0 Å². The Balaban J connectivity index is 0.00000126. The molecule has 5 heteroatoms. The molecule has 1 heterocycles. The Kier molecular flexibility index (Phi) is 5.99. The molecule has 1 saturated heterocycles. The topological polar surface area (TPSA) is 72.8 Å². The van der Waals surface area contributed by atoms with E-state index in [1.807, 2.05) is 13.8 Å². The van der Waals surface area contributed by atoms with E-state index in [1.54, 1.807) is 0 Å². The normalized spacial score (nSPS) is 45.6. The summed E-state index contributed by atoms with van der Waals surface area (Å²) < 4.78 is 11.9. The standard InChI is InChI=1S/C20H32O5.C2H4/c1-11-10-13(22)15-19(5)9-7-8-18(3,4)16(19)14(23)17(24-12(2)21)20(15,6)25-11;1-2/h11,14-17,23H,7-10H2,1-6H3;1-2H2. The number of Topliss-reactive ketones (excluding diaryl/α,β-unsaturated/α-hetero) is 1. The van der Waals surface area contributed by atoms with Crippen LogP contribution in [0.5, 0.6) is 0 Å². The molecular formula is C22H36O5. The number of fused-ring (bicyclic) bond motifs is 3. The highest BCUT2D eigenvalue weighted by Crippen LogP contribution is 2.64. The van der Waals surface area contributed by atoms with Crippen molar-refractivity contribution in [2.24, 2.45) is 22.7 Å². The fraction of sp³-hybridized carbons (Fsp3) is 0.818. The van der Waals surface area contributed by atoms with Gasteiger partial charge in [0.25, 0.3) is 0 Å². The van der Waals surface area contributed by atoms with Crippen LogP contribution >= 0.6 is 0 Å². The summed E-state index contributed by atoms with van der Waals surface area (Å²) in [5, 5.41) is 11.3. The average molecular weight is 381 g/mol. The first-order valence-electron chi connectivity index (χ1n) is 9.99. The average Bonchev–Trinajstić information content (AvgIpc) is 2.50. The molecule has 2 saturated carbocycles. The summed E-state index contributed by atoms with van der Waals surface area (Å²) in [5.74, 6) is -0.753. The zero-order valence-electron chi connectivity index (χ0n) is 17.7. The Morgan fingerprint density at radius 1 is 1.22 bits per heavy atom. The molecule has 0 spiro atoms. The summed E-state index contributed by atoms with van der Waals surface area (Å²) in [5.41, 5.74) is -1.47. The van der Waals surface area contributed by atoms with Crippen molar-refractivity contribution in [2.75, 3.05) is 0 Å². The van der Waals surface area contributed by atoms with Crippen molar-refractivity contribution in [1.82, 2.24) is 0 Å². The Morgan fingerprint density at radius 3 is 2.37 bits per heavy atom. The Hall–Kier alpha value is -1.20. The highest BCUT2D eigenvalue weighted by Gasteiger charge is 2.70. The number of carbonyl (C=O) groups is 2. The quantitative estimate of drug-likeness (QED) is 0.555. The van der Waals surface area contributed by atoms with Gasteiger partial charge in [-0.1, -0.05) is 27.2 Å². The van der Waals surface area contributed by atoms with Crippen molar-refractivity contribution in [3.05, 3.63) is 13.2 Å². The van der Waals surface area contributed by atoms with Gasteiger partial charge in [-0.2, -0.15) is 0 Å². The van der Waals surface area contributed by atoms with E-state index in [2.05, 4.69) is 33.9 Å². The van der Waals surface area contributed by atoms with Crippen LogP contribution in [0, 0.1) is 22.7 Å². The molecule has 3 rings (SSSR count). The van der Waals surface area contributed by atoms with Gasteiger partial charge in [0, 0.05) is 13.3 Å². The summed E-state index contributed by atoms with van der Waals surface area (Å²) in [7, 11) is 0. The first-order chi connectivity index (χ1) is 12.4. The molecule has 0 bridgehead atoms. The zero-order chi connectivity index (χ0) is 20.8. The van der Waals surface area contributed by atoms with Gasteiger partial charge in [-0.05, 0) is 43.4 Å². The molecule has 0 aromatic rings. The first-order valence-corrected chi connectivity index (χ1v) is 9.99. The largest absolute Gasteiger partial charge is 0.457 e. The van der Waals surface area contributed by atoms with Crippen molar-refractivity contribution in [1.29, 1.82) is 0 Å². The van der Waals surface area contributed by atoms with Gasteiger partial charge >= 0.3 is 5.97 Å². The van der Waals surface area contributed by atoms with Crippen LogP contribution in [0.4, 0.5) is 0 Å². The third-order valence-electron chi connectivity index (χ3n) is 7.10. The fourth-order valence-electron chi connectivity index (χ4n) is 6.70. The van der Waals surface area contributed by atoms with E-state index in [9.17, 15) is 14.7 Å². The third-order valence-corrected chi connectivity index (χ3v) is 7.10. The summed E-state index contributed by atoms with van der Waals surface area (Å²) in [6, 6.07) is 0. The smallest absolute Gasteiger partial charge is 0.303 e. The second-order valence-electron chi connectivity index (χ2n) is 9.56. The van der Waals surface area contributed by atoms with Crippen LogP contribution < -0.4 is 0 Å². The highest BCUT2D eigenvalue weighted by atomic mass is 16.6. The highest BCUT2D eigenvalue weighted by molar-refractivity contribution is 5.85. The Bertz CT molecular complexity index is 600. The van der Waals surface area contributed by atoms with E-state index in [0.717, 1.165) is 19.3 Å². The molecule has 3 fully saturated rings. The maximum atomic E-state index is 13.2. The zero-order valence-corrected chi connectivity index (χ0v) is 17.7. The van der Waals surface area contributed by atoms with Gasteiger partial charge in [-0.3, -0.25) is 9.59 Å². The van der Waals surface area contributed by atoms with E-state index >= 15 is 0 Å². The van der Waals surface area contributed by atoms with Gasteiger partial charge in [0.2, 0.25) is 0 Å². The van der Waals surface area contributed by atoms with Gasteiger partial charge in [-0.15, -0.1) is 13.2 Å². The van der Waals surface area contributed by atoms with Crippen LogP contribution in [-0.2, 0) is 19.1 Å². The second-order valence-corrected chi connectivity index (χ2v) is 9.56. The van der Waals surface area contributed by atoms with Crippen molar-refractivity contribution in [2.45, 2.75) is 91.1 Å². The monoisotopic (exact) mass is 380 g/mol. The Labute approximate surface area is 163 Å². The number of hydrogen-bond acceptors (Lipinski definition) is 5.